The molecule has 0 aromatic heterocycles. The molecule has 4 nitrogen and oxygen atoms in total. The van der Waals surface area contributed by atoms with Crippen molar-refractivity contribution in [3.63, 3.8) is 0 Å². The van der Waals surface area contributed by atoms with Crippen molar-refractivity contribution in [3.8, 4) is 0 Å². The normalized spacial score (nSPS) is 19.8. The highest BCUT2D eigenvalue weighted by Crippen LogP contribution is 2.33. The number of benzene rings is 1. The van der Waals surface area contributed by atoms with Gasteiger partial charge in [-0.1, -0.05) is 37.3 Å². The number of ketones is 1. The largest absolute Gasteiger partial charge is 0.379 e. The standard InChI is InChI=1S/C16H24N2O2/c1-4-15(19)16(17(2)3,14-8-6-5-7-9-14)18-10-12-20-13-11-18/h5-9H,4,10-13H2,1-3H3. The summed E-state index contributed by atoms with van der Waals surface area (Å²) in [5, 5.41) is 0. The molecule has 4 heteroatoms. The summed E-state index contributed by atoms with van der Waals surface area (Å²) >= 11 is 0. The van der Waals surface area contributed by atoms with Crippen molar-refractivity contribution in [3.05, 3.63) is 35.9 Å². The summed E-state index contributed by atoms with van der Waals surface area (Å²) in [6.07, 6.45) is 0.518. The molecule has 1 heterocycles. The highest BCUT2D eigenvalue weighted by atomic mass is 16.5. The second-order valence-corrected chi connectivity index (χ2v) is 5.31. The third-order valence-electron chi connectivity index (χ3n) is 4.00. The molecule has 1 saturated heterocycles. The number of nitrogens with zero attached hydrogens (tertiary/aromatic N) is 2. The van der Waals surface area contributed by atoms with Gasteiger partial charge in [-0.05, 0) is 19.7 Å². The van der Waals surface area contributed by atoms with Crippen LogP contribution in [0.4, 0.5) is 0 Å². The zero-order valence-electron chi connectivity index (χ0n) is 12.6. The average molecular weight is 276 g/mol. The van der Waals surface area contributed by atoms with E-state index in [1.807, 2.05) is 56.3 Å². The lowest BCUT2D eigenvalue weighted by Crippen LogP contribution is -2.63. The van der Waals surface area contributed by atoms with Gasteiger partial charge in [0, 0.05) is 19.5 Å². The van der Waals surface area contributed by atoms with Crippen LogP contribution >= 0.6 is 0 Å². The van der Waals surface area contributed by atoms with E-state index in [9.17, 15) is 4.79 Å². The molecule has 1 atom stereocenters. The first-order valence-corrected chi connectivity index (χ1v) is 7.23. The van der Waals surface area contributed by atoms with Crippen LogP contribution in [0.1, 0.15) is 18.9 Å². The van der Waals surface area contributed by atoms with E-state index in [4.69, 9.17) is 4.74 Å². The number of Topliss-reactive ketones (excluding diaryl/α,β-unsaturated/α-hetero) is 1. The minimum absolute atomic E-state index is 0.232. The third kappa shape index (κ3) is 2.51. The van der Waals surface area contributed by atoms with E-state index < -0.39 is 5.66 Å². The first-order chi connectivity index (χ1) is 9.64. The molecule has 0 saturated carbocycles. The predicted molar refractivity (Wildman–Crippen MR) is 79.5 cm³/mol. The second-order valence-electron chi connectivity index (χ2n) is 5.31. The summed E-state index contributed by atoms with van der Waals surface area (Å²) in [7, 11) is 3.96. The molecular formula is C16H24N2O2. The van der Waals surface area contributed by atoms with Crippen molar-refractivity contribution in [2.75, 3.05) is 40.4 Å². The molecule has 2 rings (SSSR count). The lowest BCUT2D eigenvalue weighted by Gasteiger charge is -2.48. The maximum atomic E-state index is 12.9. The van der Waals surface area contributed by atoms with Crippen LogP contribution in [-0.4, -0.2) is 56.0 Å². The molecule has 0 radical (unpaired) electrons. The monoisotopic (exact) mass is 276 g/mol. The zero-order valence-corrected chi connectivity index (χ0v) is 12.6. The number of likely N-dealkylation sites (N-methyl/N-ethyl adjacent to an activating group) is 1. The van der Waals surface area contributed by atoms with Gasteiger partial charge in [-0.3, -0.25) is 14.6 Å². The quantitative estimate of drug-likeness (QED) is 0.820. The maximum Gasteiger partial charge on any atom is 0.172 e. The average Bonchev–Trinajstić information content (AvgIpc) is 2.49. The van der Waals surface area contributed by atoms with Gasteiger partial charge in [-0.15, -0.1) is 0 Å². The Morgan fingerprint density at radius 2 is 1.85 bits per heavy atom. The van der Waals surface area contributed by atoms with E-state index in [2.05, 4.69) is 4.90 Å². The van der Waals surface area contributed by atoms with Gasteiger partial charge in [-0.25, -0.2) is 0 Å². The Kier molecular flexibility index (Phi) is 4.91. The zero-order chi connectivity index (χ0) is 14.6. The molecule has 1 fully saturated rings. The first kappa shape index (κ1) is 15.2. The fraction of sp³-hybridized carbons (Fsp3) is 0.562. The second kappa shape index (κ2) is 6.48. The van der Waals surface area contributed by atoms with Gasteiger partial charge in [0.05, 0.1) is 13.2 Å². The number of rotatable bonds is 5. The molecule has 1 aromatic rings. The van der Waals surface area contributed by atoms with Crippen LogP contribution in [-0.2, 0) is 15.2 Å². The van der Waals surface area contributed by atoms with E-state index in [0.29, 0.717) is 19.6 Å². The lowest BCUT2D eigenvalue weighted by molar-refractivity contribution is -0.151. The van der Waals surface area contributed by atoms with Crippen LogP contribution in [0.3, 0.4) is 0 Å². The molecule has 1 aromatic carbocycles. The predicted octanol–water partition coefficient (Wildman–Crippen LogP) is 1.71. The number of hydrogen-bond donors (Lipinski definition) is 0. The first-order valence-electron chi connectivity index (χ1n) is 7.23. The number of morpholine rings is 1. The molecule has 110 valence electrons. The van der Waals surface area contributed by atoms with Crippen molar-refractivity contribution < 1.29 is 9.53 Å². The number of carbonyl (C=O) groups is 1. The minimum atomic E-state index is -0.681. The number of ether oxygens (including phenoxy) is 1. The molecule has 0 spiro atoms. The van der Waals surface area contributed by atoms with Crippen molar-refractivity contribution in [1.29, 1.82) is 0 Å². The van der Waals surface area contributed by atoms with Gasteiger partial charge in [0.2, 0.25) is 0 Å². The summed E-state index contributed by atoms with van der Waals surface area (Å²) in [4.78, 5) is 17.1. The molecule has 0 bridgehead atoms. The molecule has 1 aliphatic heterocycles. The summed E-state index contributed by atoms with van der Waals surface area (Å²) in [5.74, 6) is 0.232. The fourth-order valence-electron chi connectivity index (χ4n) is 3.11. The SMILES string of the molecule is CCC(=O)C(c1ccccc1)(N(C)C)N1CCOCC1. The molecular weight excluding hydrogens is 252 g/mol. The van der Waals surface area contributed by atoms with Crippen molar-refractivity contribution in [2.24, 2.45) is 0 Å². The Morgan fingerprint density at radius 1 is 1.25 bits per heavy atom. The maximum absolute atomic E-state index is 12.9. The molecule has 1 aliphatic rings. The smallest absolute Gasteiger partial charge is 0.172 e. The van der Waals surface area contributed by atoms with Crippen molar-refractivity contribution in [2.45, 2.75) is 19.0 Å². The van der Waals surface area contributed by atoms with Gasteiger partial charge in [0.1, 0.15) is 0 Å². The van der Waals surface area contributed by atoms with Crippen molar-refractivity contribution in [1.82, 2.24) is 9.80 Å². The highest BCUT2D eigenvalue weighted by Gasteiger charge is 2.46. The van der Waals surface area contributed by atoms with Crippen LogP contribution in [0.25, 0.3) is 0 Å². The highest BCUT2D eigenvalue weighted by molar-refractivity contribution is 5.89. The summed E-state index contributed by atoms with van der Waals surface area (Å²) in [6.45, 7) is 4.85. The molecule has 0 amide bonds. The van der Waals surface area contributed by atoms with Gasteiger partial charge in [0.15, 0.2) is 11.4 Å². The topological polar surface area (TPSA) is 32.8 Å². The Balaban J connectivity index is 2.52. The third-order valence-corrected chi connectivity index (χ3v) is 4.00. The van der Waals surface area contributed by atoms with Crippen LogP contribution in [0.15, 0.2) is 30.3 Å². The Labute approximate surface area is 121 Å². The van der Waals surface area contributed by atoms with Gasteiger partial charge in [0.25, 0.3) is 0 Å². The van der Waals surface area contributed by atoms with Gasteiger partial charge in [-0.2, -0.15) is 0 Å². The minimum Gasteiger partial charge on any atom is -0.379 e. The van der Waals surface area contributed by atoms with Crippen LogP contribution in [0.5, 0.6) is 0 Å². The van der Waals surface area contributed by atoms with E-state index in [0.717, 1.165) is 18.7 Å². The van der Waals surface area contributed by atoms with Crippen LogP contribution in [0.2, 0.25) is 0 Å². The fourth-order valence-corrected chi connectivity index (χ4v) is 3.11. The van der Waals surface area contributed by atoms with Gasteiger partial charge < -0.3 is 4.74 Å². The number of carbonyl (C=O) groups excluding carboxylic acids is 1. The van der Waals surface area contributed by atoms with E-state index in [-0.39, 0.29) is 5.78 Å². The van der Waals surface area contributed by atoms with Crippen molar-refractivity contribution >= 4 is 5.78 Å². The Morgan fingerprint density at radius 3 is 2.35 bits per heavy atom. The molecule has 0 N–H and O–H groups in total. The lowest BCUT2D eigenvalue weighted by atomic mass is 9.89. The molecule has 20 heavy (non-hydrogen) atoms. The summed E-state index contributed by atoms with van der Waals surface area (Å²) in [5.41, 5.74) is 0.360. The van der Waals surface area contributed by atoms with E-state index >= 15 is 0 Å². The van der Waals surface area contributed by atoms with E-state index in [1.54, 1.807) is 0 Å². The Hall–Kier alpha value is -1.23. The van der Waals surface area contributed by atoms with Gasteiger partial charge >= 0.3 is 0 Å². The molecule has 1 unspecified atom stereocenters. The number of hydrogen-bond acceptors (Lipinski definition) is 4. The summed E-state index contributed by atoms with van der Waals surface area (Å²) < 4.78 is 5.45. The van der Waals surface area contributed by atoms with Crippen LogP contribution in [0, 0.1) is 0 Å². The summed E-state index contributed by atoms with van der Waals surface area (Å²) in [6, 6.07) is 10.1. The molecule has 0 aliphatic carbocycles. The van der Waals surface area contributed by atoms with E-state index in [1.165, 1.54) is 0 Å². The van der Waals surface area contributed by atoms with Crippen LogP contribution < -0.4 is 0 Å². The Bertz CT molecular complexity index is 441.